The molecule has 2 saturated carbocycles. The highest BCUT2D eigenvalue weighted by molar-refractivity contribution is 5.92. The predicted molar refractivity (Wildman–Crippen MR) is 114 cm³/mol. The Kier molecular flexibility index (Phi) is 5.57. The maximum absolute atomic E-state index is 12.4. The molecule has 0 bridgehead atoms. The minimum absolute atomic E-state index is 0.134. The Morgan fingerprint density at radius 1 is 1.12 bits per heavy atom. The number of rotatable bonds is 8. The highest BCUT2D eigenvalue weighted by atomic mass is 16.5. The number of aryl methyl sites for hydroxylation is 2. The zero-order chi connectivity index (χ0) is 22.1. The van der Waals surface area contributed by atoms with Crippen LogP contribution in [-0.2, 0) is 11.3 Å². The fourth-order valence-electron chi connectivity index (χ4n) is 3.59. The summed E-state index contributed by atoms with van der Waals surface area (Å²) in [6, 6.07) is 7.24. The van der Waals surface area contributed by atoms with Gasteiger partial charge in [-0.25, -0.2) is 0 Å². The summed E-state index contributed by atoms with van der Waals surface area (Å²) < 4.78 is 17.0. The second kappa shape index (κ2) is 8.66. The fraction of sp³-hybridized carbons (Fsp3) is 0.435. The molecule has 166 valence electrons. The lowest BCUT2D eigenvalue weighted by Gasteiger charge is -2.35. The van der Waals surface area contributed by atoms with E-state index in [1.165, 1.54) is 12.8 Å². The first-order valence-electron chi connectivity index (χ1n) is 10.9. The number of hydrogen-bond donors (Lipinski definition) is 1. The zero-order valence-electron chi connectivity index (χ0n) is 18.1. The van der Waals surface area contributed by atoms with Gasteiger partial charge in [0.25, 0.3) is 5.91 Å². The monoisotopic (exact) mass is 435 g/mol. The molecule has 9 nitrogen and oxygen atoms in total. The summed E-state index contributed by atoms with van der Waals surface area (Å²) in [5, 5.41) is 15.2. The van der Waals surface area contributed by atoms with Crippen molar-refractivity contribution in [1.82, 2.24) is 25.7 Å². The molecule has 0 aromatic carbocycles. The smallest absolute Gasteiger partial charge is 0.272 e. The van der Waals surface area contributed by atoms with Gasteiger partial charge < -0.3 is 19.3 Å². The first-order chi connectivity index (χ1) is 15.5. The number of nitrogens with zero attached hydrogens (tertiary/aromatic N) is 4. The van der Waals surface area contributed by atoms with Crippen molar-refractivity contribution in [3.63, 3.8) is 0 Å². The predicted octanol–water partition coefficient (Wildman–Crippen LogP) is 3.16. The summed E-state index contributed by atoms with van der Waals surface area (Å²) in [6.07, 6.45) is 6.52. The van der Waals surface area contributed by atoms with Crippen molar-refractivity contribution in [3.05, 3.63) is 53.2 Å². The molecule has 0 radical (unpaired) electrons. The van der Waals surface area contributed by atoms with E-state index in [1.54, 1.807) is 18.3 Å². The van der Waals surface area contributed by atoms with Gasteiger partial charge >= 0.3 is 0 Å². The van der Waals surface area contributed by atoms with E-state index in [2.05, 4.69) is 25.7 Å². The van der Waals surface area contributed by atoms with E-state index >= 15 is 0 Å². The minimum Gasteiger partial charge on any atom is -0.472 e. The fourth-order valence-corrected chi connectivity index (χ4v) is 3.59. The molecule has 0 spiro atoms. The summed E-state index contributed by atoms with van der Waals surface area (Å²) in [4.78, 5) is 16.7. The Labute approximate surface area is 185 Å². The van der Waals surface area contributed by atoms with Crippen LogP contribution in [0.3, 0.4) is 0 Å². The van der Waals surface area contributed by atoms with Gasteiger partial charge in [-0.05, 0) is 57.7 Å². The van der Waals surface area contributed by atoms with Crippen molar-refractivity contribution in [3.8, 4) is 17.1 Å². The molecule has 0 atom stereocenters. The second-order valence-electron chi connectivity index (χ2n) is 8.40. The molecule has 1 amide bonds. The van der Waals surface area contributed by atoms with E-state index in [0.29, 0.717) is 23.4 Å². The van der Waals surface area contributed by atoms with Gasteiger partial charge in [-0.2, -0.15) is 0 Å². The van der Waals surface area contributed by atoms with Gasteiger partial charge in [0.2, 0.25) is 5.88 Å². The Morgan fingerprint density at radius 2 is 1.97 bits per heavy atom. The van der Waals surface area contributed by atoms with Crippen LogP contribution in [0.15, 0.2) is 35.0 Å². The first kappa shape index (κ1) is 20.6. The quantitative estimate of drug-likeness (QED) is 0.574. The highest BCUT2D eigenvalue weighted by Gasteiger charge is 2.36. The molecule has 5 rings (SSSR count). The molecule has 2 fully saturated rings. The Bertz CT molecular complexity index is 1090. The van der Waals surface area contributed by atoms with Crippen LogP contribution < -0.4 is 10.1 Å². The second-order valence-corrected chi connectivity index (χ2v) is 8.40. The minimum atomic E-state index is -0.233. The molecule has 0 aliphatic heterocycles. The molecule has 32 heavy (non-hydrogen) atoms. The van der Waals surface area contributed by atoms with Crippen LogP contribution in [0.25, 0.3) is 11.3 Å². The third kappa shape index (κ3) is 4.62. The Morgan fingerprint density at radius 3 is 2.66 bits per heavy atom. The molecule has 3 aromatic heterocycles. The van der Waals surface area contributed by atoms with Gasteiger partial charge in [0.15, 0.2) is 5.69 Å². The lowest BCUT2D eigenvalue weighted by Crippen LogP contribution is -2.48. The molecule has 9 heteroatoms. The van der Waals surface area contributed by atoms with Crippen LogP contribution >= 0.6 is 0 Å². The maximum Gasteiger partial charge on any atom is 0.272 e. The summed E-state index contributed by atoms with van der Waals surface area (Å²) in [7, 11) is 0. The molecule has 2 aliphatic rings. The number of pyridine rings is 1. The van der Waals surface area contributed by atoms with Gasteiger partial charge in [-0.1, -0.05) is 5.16 Å². The summed E-state index contributed by atoms with van der Waals surface area (Å²) in [5.41, 5.74) is 3.53. The van der Waals surface area contributed by atoms with Crippen LogP contribution in [0.1, 0.15) is 53.2 Å². The molecule has 0 unspecified atom stereocenters. The summed E-state index contributed by atoms with van der Waals surface area (Å²) in [6.45, 7) is 3.97. The van der Waals surface area contributed by atoms with Crippen LogP contribution in [0.2, 0.25) is 0 Å². The number of carbonyl (C=O) groups is 1. The number of nitrogens with one attached hydrogen (secondary N) is 1. The first-order valence-corrected chi connectivity index (χ1v) is 10.9. The van der Waals surface area contributed by atoms with Gasteiger partial charge in [-0.3, -0.25) is 9.78 Å². The standard InChI is InChI=1S/C23H25N5O4/c1-13-3-4-15(11-24-13)22-19(14(2)32-28-22)12-30-21-8-7-20(26-27-21)23(29)25-16-9-18(10-16)31-17-5-6-17/h3-4,7-8,11,16-18H,5-6,9-10,12H2,1-2H3,(H,25,29)/t16-,18+. The van der Waals surface area contributed by atoms with E-state index in [9.17, 15) is 4.79 Å². The van der Waals surface area contributed by atoms with E-state index in [4.69, 9.17) is 14.0 Å². The van der Waals surface area contributed by atoms with Crippen LogP contribution in [0.5, 0.6) is 5.88 Å². The number of carbonyl (C=O) groups excluding carboxylic acids is 1. The van der Waals surface area contributed by atoms with Gasteiger partial charge in [-0.15, -0.1) is 10.2 Å². The maximum atomic E-state index is 12.4. The molecule has 2 aliphatic carbocycles. The molecule has 0 saturated heterocycles. The summed E-state index contributed by atoms with van der Waals surface area (Å²) >= 11 is 0. The zero-order valence-corrected chi connectivity index (χ0v) is 18.1. The van der Waals surface area contributed by atoms with Crippen LogP contribution in [0.4, 0.5) is 0 Å². The molecular weight excluding hydrogens is 410 g/mol. The van der Waals surface area contributed by atoms with Crippen molar-refractivity contribution in [1.29, 1.82) is 0 Å². The van der Waals surface area contributed by atoms with Crippen molar-refractivity contribution in [2.75, 3.05) is 0 Å². The molecule has 3 aromatic rings. The Balaban J connectivity index is 1.16. The highest BCUT2D eigenvalue weighted by Crippen LogP contribution is 2.32. The van der Waals surface area contributed by atoms with Crippen molar-refractivity contribution in [2.45, 2.75) is 64.4 Å². The number of hydrogen-bond acceptors (Lipinski definition) is 8. The summed E-state index contributed by atoms with van der Waals surface area (Å²) in [5.74, 6) is 0.744. The largest absolute Gasteiger partial charge is 0.472 e. The van der Waals surface area contributed by atoms with Crippen LogP contribution in [-0.4, -0.2) is 44.5 Å². The van der Waals surface area contributed by atoms with Crippen molar-refractivity contribution < 1.29 is 18.8 Å². The van der Waals surface area contributed by atoms with E-state index in [0.717, 1.165) is 29.7 Å². The van der Waals surface area contributed by atoms with Crippen molar-refractivity contribution >= 4 is 5.91 Å². The SMILES string of the molecule is Cc1ccc(-c2noc(C)c2COc2ccc(C(=O)N[C@H]3C[C@@H](OC4CC4)C3)nn2)cn1. The van der Waals surface area contributed by atoms with Gasteiger partial charge in [0.05, 0.1) is 17.8 Å². The van der Waals surface area contributed by atoms with Crippen LogP contribution in [0, 0.1) is 13.8 Å². The third-order valence-corrected chi connectivity index (χ3v) is 5.75. The van der Waals surface area contributed by atoms with E-state index in [-0.39, 0.29) is 30.4 Å². The number of amides is 1. The van der Waals surface area contributed by atoms with E-state index in [1.807, 2.05) is 26.0 Å². The average Bonchev–Trinajstić information content (AvgIpc) is 3.52. The van der Waals surface area contributed by atoms with Gasteiger partial charge in [0, 0.05) is 29.6 Å². The lowest BCUT2D eigenvalue weighted by molar-refractivity contribution is -0.0252. The molecule has 3 heterocycles. The molecular formula is C23H25N5O4. The third-order valence-electron chi connectivity index (χ3n) is 5.75. The molecule has 1 N–H and O–H groups in total. The van der Waals surface area contributed by atoms with E-state index < -0.39 is 0 Å². The van der Waals surface area contributed by atoms with Gasteiger partial charge in [0.1, 0.15) is 18.1 Å². The number of aromatic nitrogens is 4. The lowest BCUT2D eigenvalue weighted by atomic mass is 9.89. The van der Waals surface area contributed by atoms with Crippen molar-refractivity contribution in [2.24, 2.45) is 0 Å². The topological polar surface area (TPSA) is 112 Å². The average molecular weight is 435 g/mol. The Hall–Kier alpha value is -3.33. The number of ether oxygens (including phenoxy) is 2. The normalized spacial score (nSPS) is 19.9.